The molecule has 1 aromatic carbocycles. The van der Waals surface area contributed by atoms with E-state index in [4.69, 9.17) is 30.6 Å². The van der Waals surface area contributed by atoms with Crippen LogP contribution in [0.4, 0.5) is 11.4 Å². The second-order valence-electron chi connectivity index (χ2n) is 5.80. The second-order valence-corrected chi connectivity index (χ2v) is 5.80. The summed E-state index contributed by atoms with van der Waals surface area (Å²) in [5.41, 5.74) is 1.59. The molecule has 0 aliphatic heterocycles. The van der Waals surface area contributed by atoms with Crippen LogP contribution in [0.3, 0.4) is 0 Å². The van der Waals surface area contributed by atoms with Crippen molar-refractivity contribution < 1.29 is 49.8 Å². The van der Waals surface area contributed by atoms with E-state index < -0.39 is 18.0 Å². The Hall–Kier alpha value is -3.24. The van der Waals surface area contributed by atoms with Gasteiger partial charge in [-0.2, -0.15) is 9.98 Å². The molecule has 32 heavy (non-hydrogen) atoms. The van der Waals surface area contributed by atoms with Gasteiger partial charge in [-0.1, -0.05) is 6.07 Å². The quantitative estimate of drug-likeness (QED) is 0.175. The van der Waals surface area contributed by atoms with E-state index >= 15 is 0 Å². The summed E-state index contributed by atoms with van der Waals surface area (Å²) in [6.45, 7) is 2.85. The van der Waals surface area contributed by atoms with E-state index in [1.165, 1.54) is 19.1 Å². The molecule has 0 saturated heterocycles. The first-order chi connectivity index (χ1) is 15.1. The van der Waals surface area contributed by atoms with E-state index in [0.29, 0.717) is 29.8 Å². The molecular weight excluding hydrogens is 428 g/mol. The molecule has 1 unspecified atom stereocenters. The van der Waals surface area contributed by atoms with Crippen molar-refractivity contribution in [2.24, 2.45) is 9.98 Å². The molecule has 1 atom stereocenters. The Kier molecular flexibility index (Phi) is 25.1. The smallest absolute Gasteiger partial charge is 0.303 e. The number of hydrogen-bond donors (Lipinski definition) is 6. The Bertz CT molecular complexity index is 686. The van der Waals surface area contributed by atoms with Gasteiger partial charge in [0.2, 0.25) is 12.2 Å². The fraction of sp³-hybridized carbons (Fsp3) is 0.500. The lowest BCUT2D eigenvalue weighted by Crippen LogP contribution is -2.03. The molecule has 12 heteroatoms. The Morgan fingerprint density at radius 3 is 1.47 bits per heavy atom. The lowest BCUT2D eigenvalue weighted by atomic mass is 10.1. The molecule has 0 aromatic heterocycles. The maximum absolute atomic E-state index is 10.00. The monoisotopic (exact) mass is 458 g/mol. The summed E-state index contributed by atoms with van der Waals surface area (Å²) in [5.74, 6) is -1.74. The minimum Gasteiger partial charge on any atom is -0.481 e. The number of carbonyl (C=O) groups is 2. The number of carbonyl (C=O) groups excluding carboxylic acids is 2. The number of aliphatic imine (C=N–C) groups is 2. The maximum Gasteiger partial charge on any atom is 0.303 e. The van der Waals surface area contributed by atoms with E-state index in [9.17, 15) is 19.2 Å². The van der Waals surface area contributed by atoms with Crippen LogP contribution in [0.15, 0.2) is 28.2 Å². The molecule has 1 aromatic rings. The second kappa shape index (κ2) is 24.0. The van der Waals surface area contributed by atoms with Crippen LogP contribution in [-0.4, -0.2) is 80.7 Å². The molecule has 0 heterocycles. The van der Waals surface area contributed by atoms with E-state index in [1.807, 2.05) is 0 Å². The van der Waals surface area contributed by atoms with Crippen LogP contribution in [0.5, 0.6) is 0 Å². The maximum atomic E-state index is 10.00. The van der Waals surface area contributed by atoms with Crippen molar-refractivity contribution in [3.05, 3.63) is 23.8 Å². The Morgan fingerprint density at radius 1 is 0.906 bits per heavy atom. The van der Waals surface area contributed by atoms with Crippen LogP contribution < -0.4 is 0 Å². The summed E-state index contributed by atoms with van der Waals surface area (Å²) in [6.07, 6.45) is 3.32. The van der Waals surface area contributed by atoms with Gasteiger partial charge in [-0.3, -0.25) is 9.59 Å². The summed E-state index contributed by atoms with van der Waals surface area (Å²) in [4.78, 5) is 46.7. The van der Waals surface area contributed by atoms with Crippen molar-refractivity contribution >= 4 is 35.5 Å². The zero-order valence-electron chi connectivity index (χ0n) is 18.0. The molecule has 0 spiro atoms. The number of unbranched alkanes of at least 4 members (excludes halogenated alkanes) is 1. The summed E-state index contributed by atoms with van der Waals surface area (Å²) < 4.78 is 0. The van der Waals surface area contributed by atoms with Crippen LogP contribution in [-0.2, 0) is 19.2 Å². The largest absolute Gasteiger partial charge is 0.481 e. The molecule has 1 rings (SSSR count). The average Bonchev–Trinajstić information content (AvgIpc) is 2.75. The van der Waals surface area contributed by atoms with Gasteiger partial charge in [0.25, 0.3) is 0 Å². The number of aliphatic hydroxyl groups is 4. The number of isocyanates is 2. The van der Waals surface area contributed by atoms with Crippen LogP contribution in [0, 0.1) is 6.92 Å². The molecule has 0 aliphatic rings. The fourth-order valence-corrected chi connectivity index (χ4v) is 1.50. The fourth-order valence-electron chi connectivity index (χ4n) is 1.50. The first-order valence-corrected chi connectivity index (χ1v) is 9.30. The summed E-state index contributed by atoms with van der Waals surface area (Å²) >= 11 is 0. The third-order valence-corrected chi connectivity index (χ3v) is 3.00. The van der Waals surface area contributed by atoms with Gasteiger partial charge in [0, 0.05) is 18.4 Å². The summed E-state index contributed by atoms with van der Waals surface area (Å²) in [5, 5.41) is 47.5. The topological polar surface area (TPSA) is 214 Å². The van der Waals surface area contributed by atoms with Crippen molar-refractivity contribution in [3.63, 3.8) is 0 Å². The Labute approximate surface area is 185 Å². The van der Waals surface area contributed by atoms with Crippen LogP contribution in [0.2, 0.25) is 0 Å². The number of benzene rings is 1. The number of hydrogen-bond acceptors (Lipinski definition) is 10. The van der Waals surface area contributed by atoms with E-state index in [0.717, 1.165) is 0 Å². The minimum atomic E-state index is -0.870. The summed E-state index contributed by atoms with van der Waals surface area (Å²) in [6, 6.07) is 4.94. The highest BCUT2D eigenvalue weighted by molar-refractivity contribution is 5.68. The van der Waals surface area contributed by atoms with E-state index in [-0.39, 0.29) is 32.7 Å². The first-order valence-electron chi connectivity index (χ1n) is 9.30. The predicted molar refractivity (Wildman–Crippen MR) is 113 cm³/mol. The van der Waals surface area contributed by atoms with Crippen molar-refractivity contribution in [1.82, 2.24) is 0 Å². The zero-order valence-corrected chi connectivity index (χ0v) is 18.0. The summed E-state index contributed by atoms with van der Waals surface area (Å²) in [7, 11) is 0. The SMILES string of the molecule is CC(O)CO.Cc1c(N=C=O)cccc1N=C=O.O=C(O)CCCCC(=O)O.OCCO. The van der Waals surface area contributed by atoms with Gasteiger partial charge in [0.15, 0.2) is 0 Å². The van der Waals surface area contributed by atoms with Gasteiger partial charge in [-0.05, 0) is 38.8 Å². The first kappa shape index (κ1) is 33.4. The van der Waals surface area contributed by atoms with Gasteiger partial charge in [-0.15, -0.1) is 0 Å². The molecule has 0 saturated carbocycles. The van der Waals surface area contributed by atoms with Crippen molar-refractivity contribution in [3.8, 4) is 0 Å². The lowest BCUT2D eigenvalue weighted by Gasteiger charge is -1.99. The molecule has 0 fully saturated rings. The van der Waals surface area contributed by atoms with Crippen LogP contribution in [0.25, 0.3) is 0 Å². The van der Waals surface area contributed by atoms with Crippen LogP contribution >= 0.6 is 0 Å². The molecular formula is C20H30N2O10. The van der Waals surface area contributed by atoms with Crippen molar-refractivity contribution in [2.45, 2.75) is 45.6 Å². The highest BCUT2D eigenvalue weighted by Gasteiger charge is 2.01. The molecule has 0 amide bonds. The molecule has 0 aliphatic carbocycles. The van der Waals surface area contributed by atoms with Crippen molar-refractivity contribution in [1.29, 1.82) is 0 Å². The Balaban J connectivity index is -0.000000391. The van der Waals surface area contributed by atoms with E-state index in [1.54, 1.807) is 25.1 Å². The Morgan fingerprint density at radius 2 is 1.25 bits per heavy atom. The third-order valence-electron chi connectivity index (χ3n) is 3.00. The van der Waals surface area contributed by atoms with E-state index in [2.05, 4.69) is 9.98 Å². The lowest BCUT2D eigenvalue weighted by molar-refractivity contribution is -0.139. The molecule has 0 radical (unpaired) electrons. The number of rotatable bonds is 9. The molecule has 0 bridgehead atoms. The average molecular weight is 458 g/mol. The zero-order chi connectivity index (χ0) is 25.4. The van der Waals surface area contributed by atoms with Crippen molar-refractivity contribution in [2.75, 3.05) is 19.8 Å². The van der Waals surface area contributed by atoms with Gasteiger partial charge in [0.1, 0.15) is 0 Å². The highest BCUT2D eigenvalue weighted by Crippen LogP contribution is 2.26. The van der Waals surface area contributed by atoms with Crippen LogP contribution in [0.1, 0.15) is 38.2 Å². The van der Waals surface area contributed by atoms with Gasteiger partial charge in [0.05, 0.1) is 37.3 Å². The third kappa shape index (κ3) is 24.8. The number of carboxylic acids is 2. The standard InChI is InChI=1S/C9H6N2O2.C6H10O4.C3H8O2.C2H6O2/c1-7-8(10-5-12)3-2-4-9(7)11-6-13;7-5(8)3-1-2-4-6(9)10;1-3(5)2-4;3-1-2-4/h2-4H,1H3;1-4H2,(H,7,8)(H,9,10);3-5H,2H2,1H3;3-4H,1-2H2. The number of aliphatic hydroxyl groups excluding tert-OH is 4. The van der Waals surface area contributed by atoms with Gasteiger partial charge in [-0.25, -0.2) is 9.59 Å². The minimum absolute atomic E-state index is 0.0628. The molecule has 180 valence electrons. The normalized spacial score (nSPS) is 9.56. The predicted octanol–water partition coefficient (Wildman–Crippen LogP) is 0.976. The number of aliphatic carboxylic acids is 2. The molecule has 12 nitrogen and oxygen atoms in total. The number of carboxylic acid groups (broad SMARTS) is 2. The van der Waals surface area contributed by atoms with Gasteiger partial charge < -0.3 is 30.6 Å². The highest BCUT2D eigenvalue weighted by atomic mass is 16.4. The van der Waals surface area contributed by atoms with Gasteiger partial charge >= 0.3 is 11.9 Å². The number of nitrogens with zero attached hydrogens (tertiary/aromatic N) is 2. The molecule has 6 N–H and O–H groups in total.